The molecule has 0 unspecified atom stereocenters. The Labute approximate surface area is 295 Å². The summed E-state index contributed by atoms with van der Waals surface area (Å²) in [6, 6.07) is 0. The van der Waals surface area contributed by atoms with Crippen molar-refractivity contribution in [1.29, 1.82) is 0 Å². The molecule has 0 aromatic carbocycles. The van der Waals surface area contributed by atoms with Crippen molar-refractivity contribution in [3.63, 3.8) is 0 Å². The minimum absolute atomic E-state index is 0.0711. The summed E-state index contributed by atoms with van der Waals surface area (Å²) in [6.45, 7) is 25.5. The van der Waals surface area contributed by atoms with E-state index in [9.17, 15) is 19.2 Å². The fourth-order valence-corrected chi connectivity index (χ4v) is 4.91. The average Bonchev–Trinajstić information content (AvgIpc) is 2.92. The fraction of sp³-hybridized carbons (Fsp3) is 0.886. The molecule has 0 aliphatic carbocycles. The van der Waals surface area contributed by atoms with Crippen LogP contribution in [-0.2, 0) is 42.9 Å². The maximum Gasteiger partial charge on any atom is 0.320 e. The van der Waals surface area contributed by atoms with E-state index in [4.69, 9.17) is 23.7 Å². The summed E-state index contributed by atoms with van der Waals surface area (Å²) in [5.74, 6) is -1.13. The zero-order valence-electron chi connectivity index (χ0n) is 32.2. The maximum absolute atomic E-state index is 13.0. The third-order valence-electron chi connectivity index (χ3n) is 6.98. The summed E-state index contributed by atoms with van der Waals surface area (Å²) in [5, 5.41) is 2.98. The normalized spacial score (nSPS) is 17.1. The number of rotatable bonds is 16. The summed E-state index contributed by atoms with van der Waals surface area (Å²) in [6.07, 6.45) is 0.686. The molecule has 49 heavy (non-hydrogen) atoms. The van der Waals surface area contributed by atoms with E-state index in [2.05, 4.69) is 5.32 Å². The third kappa shape index (κ3) is 25.3. The van der Waals surface area contributed by atoms with Gasteiger partial charge in [-0.1, -0.05) is 0 Å². The van der Waals surface area contributed by atoms with Crippen molar-refractivity contribution in [2.75, 3.05) is 112 Å². The number of nitrogens with zero attached hydrogens (tertiary/aromatic N) is 4. The molecule has 1 aliphatic heterocycles. The molecule has 1 saturated heterocycles. The van der Waals surface area contributed by atoms with Crippen molar-refractivity contribution in [1.82, 2.24) is 24.9 Å². The van der Waals surface area contributed by atoms with Gasteiger partial charge in [0, 0.05) is 72.1 Å². The molecule has 0 bridgehead atoms. The van der Waals surface area contributed by atoms with E-state index < -0.39 is 16.8 Å². The molecule has 0 atom stereocenters. The lowest BCUT2D eigenvalue weighted by Crippen LogP contribution is -2.50. The number of carbonyl (C=O) groups is 4. The van der Waals surface area contributed by atoms with Crippen molar-refractivity contribution >= 4 is 23.8 Å². The van der Waals surface area contributed by atoms with Gasteiger partial charge in [0.1, 0.15) is 16.8 Å². The summed E-state index contributed by atoms with van der Waals surface area (Å²) in [7, 11) is 0. The lowest BCUT2D eigenvalue weighted by atomic mass is 10.2. The van der Waals surface area contributed by atoms with E-state index in [1.165, 1.54) is 0 Å². The Morgan fingerprint density at radius 1 is 0.510 bits per heavy atom. The molecular formula is C35H67N5O9. The van der Waals surface area contributed by atoms with Crippen LogP contribution in [0.1, 0.15) is 75.7 Å². The van der Waals surface area contributed by atoms with Crippen molar-refractivity contribution in [3.8, 4) is 0 Å². The van der Waals surface area contributed by atoms with Crippen molar-refractivity contribution in [2.45, 2.75) is 92.5 Å². The number of esters is 3. The molecule has 1 fully saturated rings. The van der Waals surface area contributed by atoms with Crippen LogP contribution in [0.2, 0.25) is 0 Å². The van der Waals surface area contributed by atoms with Gasteiger partial charge in [-0.05, 0) is 75.7 Å². The Morgan fingerprint density at radius 2 is 0.837 bits per heavy atom. The molecule has 1 amide bonds. The first-order valence-electron chi connectivity index (χ1n) is 17.7. The Balaban J connectivity index is 3.08. The first-order chi connectivity index (χ1) is 22.7. The second-order valence-electron chi connectivity index (χ2n) is 15.4. The van der Waals surface area contributed by atoms with Gasteiger partial charge in [0.15, 0.2) is 0 Å². The van der Waals surface area contributed by atoms with Crippen LogP contribution in [0.3, 0.4) is 0 Å². The van der Waals surface area contributed by atoms with Gasteiger partial charge in [-0.15, -0.1) is 0 Å². The molecule has 1 rings (SSSR count). The molecule has 0 spiro atoms. The van der Waals surface area contributed by atoms with Gasteiger partial charge in [-0.25, -0.2) is 0 Å². The van der Waals surface area contributed by atoms with Gasteiger partial charge >= 0.3 is 17.9 Å². The first-order valence-corrected chi connectivity index (χ1v) is 17.7. The summed E-state index contributed by atoms with van der Waals surface area (Å²) < 4.78 is 27.6. The van der Waals surface area contributed by atoms with Crippen LogP contribution in [-0.4, -0.2) is 172 Å². The lowest BCUT2D eigenvalue weighted by Gasteiger charge is -2.34. The van der Waals surface area contributed by atoms with Crippen LogP contribution in [0.15, 0.2) is 0 Å². The van der Waals surface area contributed by atoms with E-state index in [0.29, 0.717) is 91.8 Å². The number of ether oxygens (including phenoxy) is 5. The third-order valence-corrected chi connectivity index (χ3v) is 6.98. The molecule has 1 N–H and O–H groups in total. The zero-order valence-corrected chi connectivity index (χ0v) is 32.2. The molecule has 286 valence electrons. The molecule has 0 saturated carbocycles. The Morgan fingerprint density at radius 3 is 1.16 bits per heavy atom. The predicted octanol–water partition coefficient (Wildman–Crippen LogP) is 1.79. The second-order valence-corrected chi connectivity index (χ2v) is 15.4. The highest BCUT2D eigenvalue weighted by Crippen LogP contribution is 2.11. The van der Waals surface area contributed by atoms with Gasteiger partial charge < -0.3 is 29.0 Å². The summed E-state index contributed by atoms with van der Waals surface area (Å²) in [5.41, 5.74) is -1.87. The number of hydrogen-bond acceptors (Lipinski definition) is 13. The van der Waals surface area contributed by atoms with E-state index in [1.54, 1.807) is 0 Å². The van der Waals surface area contributed by atoms with E-state index in [1.807, 2.05) is 88.8 Å². The highest BCUT2D eigenvalue weighted by atomic mass is 16.6. The van der Waals surface area contributed by atoms with Crippen LogP contribution in [0.25, 0.3) is 0 Å². The topological polar surface area (TPSA) is 139 Å². The largest absolute Gasteiger partial charge is 0.459 e. The highest BCUT2D eigenvalue weighted by molar-refractivity contribution is 5.78. The zero-order chi connectivity index (χ0) is 37.1. The van der Waals surface area contributed by atoms with Crippen LogP contribution in [0.4, 0.5) is 0 Å². The predicted molar refractivity (Wildman–Crippen MR) is 188 cm³/mol. The van der Waals surface area contributed by atoms with Crippen LogP contribution in [0, 0.1) is 0 Å². The Bertz CT molecular complexity index is 945. The van der Waals surface area contributed by atoms with Gasteiger partial charge in [-0.2, -0.15) is 0 Å². The van der Waals surface area contributed by atoms with E-state index in [-0.39, 0.29) is 50.0 Å². The lowest BCUT2D eigenvalue weighted by molar-refractivity contribution is -0.158. The quantitative estimate of drug-likeness (QED) is 0.142. The number of hydrogen-bond donors (Lipinski definition) is 1. The van der Waals surface area contributed by atoms with Crippen molar-refractivity contribution in [2.24, 2.45) is 0 Å². The van der Waals surface area contributed by atoms with Crippen LogP contribution in [0.5, 0.6) is 0 Å². The molecule has 14 nitrogen and oxygen atoms in total. The van der Waals surface area contributed by atoms with Crippen LogP contribution < -0.4 is 5.32 Å². The van der Waals surface area contributed by atoms with Gasteiger partial charge in [0.2, 0.25) is 5.91 Å². The molecule has 0 radical (unpaired) electrons. The number of carbonyl (C=O) groups excluding carboxylic acids is 4. The summed E-state index contributed by atoms with van der Waals surface area (Å²) >= 11 is 0. The average molecular weight is 702 g/mol. The van der Waals surface area contributed by atoms with E-state index in [0.717, 1.165) is 0 Å². The van der Waals surface area contributed by atoms with Crippen molar-refractivity contribution in [3.05, 3.63) is 0 Å². The summed E-state index contributed by atoms with van der Waals surface area (Å²) in [4.78, 5) is 59.6. The number of amides is 1. The minimum atomic E-state index is -0.623. The van der Waals surface area contributed by atoms with Gasteiger partial charge in [0.05, 0.1) is 39.4 Å². The standard InChI is InChI=1S/C35H67N5O9/c1-11-45-23-24-46-22-12-13-36-29(41)25-37-14-16-38(26-30(42)47-33(2,3)4)18-20-40(28-32(44)49-35(8,9)10)21-19-39(17-15-37)27-31(43)48-34(5,6)7/h11-28H2,1-10H3,(H,36,41). The Kier molecular flexibility index (Phi) is 20.5. The maximum atomic E-state index is 13.0. The SMILES string of the molecule is CCOCCOCCCNC(=O)CN1CCN(CC(=O)OC(C)(C)C)CCN(CC(=O)OC(C)(C)C)CCN(CC(=O)OC(C)(C)C)CC1. The van der Waals surface area contributed by atoms with Gasteiger partial charge in [0.25, 0.3) is 0 Å². The second kappa shape index (κ2) is 22.5. The van der Waals surface area contributed by atoms with Gasteiger partial charge in [-0.3, -0.25) is 38.8 Å². The van der Waals surface area contributed by atoms with Crippen molar-refractivity contribution < 1.29 is 42.9 Å². The molecule has 1 aliphatic rings. The smallest absolute Gasteiger partial charge is 0.320 e. The molecule has 1 heterocycles. The Hall–Kier alpha value is -2.36. The van der Waals surface area contributed by atoms with E-state index >= 15 is 0 Å². The molecule has 14 heteroatoms. The molecule has 0 aromatic heterocycles. The minimum Gasteiger partial charge on any atom is -0.459 e. The number of nitrogens with one attached hydrogen (secondary N) is 1. The molecule has 0 aromatic rings. The monoisotopic (exact) mass is 701 g/mol. The fourth-order valence-electron chi connectivity index (χ4n) is 4.91. The van der Waals surface area contributed by atoms with Crippen LogP contribution >= 0.6 is 0 Å². The highest BCUT2D eigenvalue weighted by Gasteiger charge is 2.26. The first kappa shape index (κ1) is 44.7. The molecular weight excluding hydrogens is 634 g/mol.